The van der Waals surface area contributed by atoms with Crippen LogP contribution in [-0.2, 0) is 4.79 Å². The van der Waals surface area contributed by atoms with Crippen molar-refractivity contribution >= 4 is 34.0 Å². The van der Waals surface area contributed by atoms with E-state index in [-0.39, 0.29) is 5.91 Å². The normalized spacial score (nSPS) is 10.9. The van der Waals surface area contributed by atoms with Gasteiger partial charge in [0, 0.05) is 16.5 Å². The zero-order valence-electron chi connectivity index (χ0n) is 18.8. The minimum atomic E-state index is -0.447. The maximum Gasteiger partial charge on any atom is 0.343 e. The van der Waals surface area contributed by atoms with Crippen LogP contribution >= 0.6 is 15.9 Å². The van der Waals surface area contributed by atoms with Crippen molar-refractivity contribution in [3.05, 3.63) is 64.1 Å². The summed E-state index contributed by atoms with van der Waals surface area (Å²) in [6.07, 6.45) is 12.9. The predicted molar refractivity (Wildman–Crippen MR) is 133 cm³/mol. The zero-order chi connectivity index (χ0) is 23.0. The van der Waals surface area contributed by atoms with Crippen molar-refractivity contribution in [1.29, 1.82) is 0 Å². The number of esters is 1. The molecule has 0 unspecified atom stereocenters. The number of rotatable bonds is 14. The molecule has 0 spiro atoms. The van der Waals surface area contributed by atoms with Gasteiger partial charge in [-0.15, -0.1) is 0 Å². The number of nitrogens with zero attached hydrogens (tertiary/aromatic N) is 1. The van der Waals surface area contributed by atoms with Crippen molar-refractivity contribution in [2.24, 2.45) is 5.10 Å². The number of benzene rings is 2. The van der Waals surface area contributed by atoms with Crippen molar-refractivity contribution in [3.8, 4) is 5.75 Å². The standard InChI is InChI=1S/C26H33BrN2O3/c1-2-3-4-5-6-7-8-9-13-16-25(30)29-28-20-22-19-23(27)17-18-24(22)32-26(31)21-14-11-10-12-15-21/h10-12,14-15,17-20H,2-9,13,16H2,1H3,(H,29,30)/b28-20-. The van der Waals surface area contributed by atoms with E-state index >= 15 is 0 Å². The molecule has 2 aromatic rings. The van der Waals surface area contributed by atoms with Crippen LogP contribution in [0.5, 0.6) is 5.75 Å². The number of amides is 1. The largest absolute Gasteiger partial charge is 0.422 e. The quantitative estimate of drug-likeness (QED) is 0.0993. The number of carbonyl (C=O) groups is 2. The lowest BCUT2D eigenvalue weighted by Gasteiger charge is -2.08. The SMILES string of the molecule is CCCCCCCCCCCC(=O)N/N=C\c1cc(Br)ccc1OC(=O)c1ccccc1. The number of hydrogen-bond donors (Lipinski definition) is 1. The third-order valence-electron chi connectivity index (χ3n) is 5.08. The van der Waals surface area contributed by atoms with Crippen molar-refractivity contribution < 1.29 is 14.3 Å². The molecule has 0 saturated heterocycles. The Morgan fingerprint density at radius 3 is 2.28 bits per heavy atom. The molecule has 6 heteroatoms. The first-order valence-electron chi connectivity index (χ1n) is 11.5. The fraction of sp³-hybridized carbons (Fsp3) is 0.423. The van der Waals surface area contributed by atoms with Gasteiger partial charge in [-0.05, 0) is 36.8 Å². The fourth-order valence-corrected chi connectivity index (χ4v) is 3.65. The predicted octanol–water partition coefficient (Wildman–Crippen LogP) is 7.04. The minimum absolute atomic E-state index is 0.109. The lowest BCUT2D eigenvalue weighted by atomic mass is 10.1. The maximum atomic E-state index is 12.3. The molecule has 0 fully saturated rings. The summed E-state index contributed by atoms with van der Waals surface area (Å²) in [6, 6.07) is 14.1. The smallest absolute Gasteiger partial charge is 0.343 e. The molecule has 0 aliphatic rings. The Hall–Kier alpha value is -2.47. The highest BCUT2D eigenvalue weighted by molar-refractivity contribution is 9.10. The van der Waals surface area contributed by atoms with E-state index in [1.54, 1.807) is 42.5 Å². The van der Waals surface area contributed by atoms with E-state index in [0.717, 1.165) is 17.3 Å². The van der Waals surface area contributed by atoms with E-state index in [0.29, 0.717) is 23.3 Å². The van der Waals surface area contributed by atoms with Gasteiger partial charge in [0.05, 0.1) is 11.8 Å². The van der Waals surface area contributed by atoms with Gasteiger partial charge >= 0.3 is 5.97 Å². The number of ether oxygens (including phenoxy) is 1. The molecule has 32 heavy (non-hydrogen) atoms. The Bertz CT molecular complexity index is 869. The summed E-state index contributed by atoms with van der Waals surface area (Å²) < 4.78 is 6.33. The molecule has 0 atom stereocenters. The highest BCUT2D eigenvalue weighted by atomic mass is 79.9. The first-order chi connectivity index (χ1) is 15.6. The van der Waals surface area contributed by atoms with Crippen LogP contribution in [0.15, 0.2) is 58.1 Å². The Balaban J connectivity index is 1.75. The molecule has 5 nitrogen and oxygen atoms in total. The second-order valence-corrected chi connectivity index (χ2v) is 8.72. The molecule has 172 valence electrons. The van der Waals surface area contributed by atoms with Crippen molar-refractivity contribution in [2.75, 3.05) is 0 Å². The molecule has 0 aromatic heterocycles. The molecule has 0 aliphatic heterocycles. The molecule has 1 N–H and O–H groups in total. The van der Waals surface area contributed by atoms with Crippen LogP contribution < -0.4 is 10.2 Å². The number of carbonyl (C=O) groups excluding carboxylic acids is 2. The molecule has 0 aliphatic carbocycles. The Labute approximate surface area is 199 Å². The summed E-state index contributed by atoms with van der Waals surface area (Å²) in [7, 11) is 0. The Morgan fingerprint density at radius 2 is 1.59 bits per heavy atom. The van der Waals surface area contributed by atoms with E-state index in [9.17, 15) is 9.59 Å². The summed E-state index contributed by atoms with van der Waals surface area (Å²) in [5.74, 6) is -0.182. The van der Waals surface area contributed by atoms with Gasteiger partial charge in [-0.1, -0.05) is 92.4 Å². The minimum Gasteiger partial charge on any atom is -0.422 e. The Morgan fingerprint density at radius 1 is 0.938 bits per heavy atom. The molecule has 1 amide bonds. The number of nitrogens with one attached hydrogen (secondary N) is 1. The van der Waals surface area contributed by atoms with Crippen molar-refractivity contribution in [1.82, 2.24) is 5.43 Å². The van der Waals surface area contributed by atoms with Crippen LogP contribution in [0.25, 0.3) is 0 Å². The number of hydrazone groups is 1. The van der Waals surface area contributed by atoms with Crippen LogP contribution in [-0.4, -0.2) is 18.1 Å². The van der Waals surface area contributed by atoms with E-state index < -0.39 is 5.97 Å². The second kappa shape index (κ2) is 15.4. The highest BCUT2D eigenvalue weighted by Crippen LogP contribution is 2.23. The fourth-order valence-electron chi connectivity index (χ4n) is 3.27. The molecule has 2 rings (SSSR count). The monoisotopic (exact) mass is 500 g/mol. The van der Waals surface area contributed by atoms with Gasteiger partial charge in [0.2, 0.25) is 5.91 Å². The third kappa shape index (κ3) is 10.2. The van der Waals surface area contributed by atoms with E-state index in [1.807, 2.05) is 6.07 Å². The van der Waals surface area contributed by atoms with Gasteiger partial charge < -0.3 is 4.74 Å². The zero-order valence-corrected chi connectivity index (χ0v) is 20.4. The van der Waals surface area contributed by atoms with Gasteiger partial charge in [-0.25, -0.2) is 10.2 Å². The first kappa shape index (κ1) is 25.8. The summed E-state index contributed by atoms with van der Waals surface area (Å²) in [4.78, 5) is 24.4. The average Bonchev–Trinajstić information content (AvgIpc) is 2.80. The molecule has 0 bridgehead atoms. The Kier molecular flexibility index (Phi) is 12.4. The molecular formula is C26H33BrN2O3. The third-order valence-corrected chi connectivity index (χ3v) is 5.58. The van der Waals surface area contributed by atoms with Crippen LogP contribution in [0, 0.1) is 0 Å². The maximum absolute atomic E-state index is 12.3. The van der Waals surface area contributed by atoms with Crippen LogP contribution in [0.3, 0.4) is 0 Å². The van der Waals surface area contributed by atoms with Gasteiger partial charge in [0.15, 0.2) is 0 Å². The summed E-state index contributed by atoms with van der Waals surface area (Å²) in [5.41, 5.74) is 3.62. The van der Waals surface area contributed by atoms with Gasteiger partial charge in [0.1, 0.15) is 5.75 Å². The number of unbranched alkanes of at least 4 members (excludes halogenated alkanes) is 8. The van der Waals surface area contributed by atoms with Gasteiger partial charge in [-0.2, -0.15) is 5.10 Å². The summed E-state index contributed by atoms with van der Waals surface area (Å²) in [5, 5.41) is 4.04. The average molecular weight is 501 g/mol. The molecule has 0 heterocycles. The van der Waals surface area contributed by atoms with Crippen molar-refractivity contribution in [3.63, 3.8) is 0 Å². The summed E-state index contributed by atoms with van der Waals surface area (Å²) >= 11 is 3.41. The molecule has 0 radical (unpaired) electrons. The lowest BCUT2D eigenvalue weighted by Crippen LogP contribution is -2.17. The lowest BCUT2D eigenvalue weighted by molar-refractivity contribution is -0.121. The molecular weight excluding hydrogens is 468 g/mol. The van der Waals surface area contributed by atoms with E-state index in [1.165, 1.54) is 51.2 Å². The van der Waals surface area contributed by atoms with Gasteiger partial charge in [-0.3, -0.25) is 4.79 Å². The van der Waals surface area contributed by atoms with Gasteiger partial charge in [0.25, 0.3) is 0 Å². The van der Waals surface area contributed by atoms with Crippen LogP contribution in [0.2, 0.25) is 0 Å². The van der Waals surface area contributed by atoms with E-state index in [4.69, 9.17) is 4.74 Å². The number of halogens is 1. The summed E-state index contributed by atoms with van der Waals surface area (Å²) in [6.45, 7) is 2.23. The van der Waals surface area contributed by atoms with E-state index in [2.05, 4.69) is 33.4 Å². The van der Waals surface area contributed by atoms with Crippen LogP contribution in [0.4, 0.5) is 0 Å². The van der Waals surface area contributed by atoms with Crippen LogP contribution in [0.1, 0.15) is 87.1 Å². The second-order valence-electron chi connectivity index (χ2n) is 7.81. The first-order valence-corrected chi connectivity index (χ1v) is 12.3. The molecule has 2 aromatic carbocycles. The molecule has 0 saturated carbocycles. The topological polar surface area (TPSA) is 67.8 Å². The van der Waals surface area contributed by atoms with Crippen molar-refractivity contribution in [2.45, 2.75) is 71.1 Å². The number of hydrogen-bond acceptors (Lipinski definition) is 4. The highest BCUT2D eigenvalue weighted by Gasteiger charge is 2.11.